The highest BCUT2D eigenvalue weighted by molar-refractivity contribution is 6.58. The van der Waals surface area contributed by atoms with E-state index in [1.54, 1.807) is 0 Å². The average molecular weight is 382 g/mol. The van der Waals surface area contributed by atoms with Crippen molar-refractivity contribution in [1.82, 2.24) is 0 Å². The van der Waals surface area contributed by atoms with Crippen molar-refractivity contribution in [3.8, 4) is 0 Å². The predicted molar refractivity (Wildman–Crippen MR) is 103 cm³/mol. The molecule has 2 aliphatic rings. The first-order chi connectivity index (χ1) is 12.6. The maximum Gasteiger partial charge on any atom is 0.194 e. The van der Waals surface area contributed by atoms with E-state index in [-0.39, 0.29) is 14.7 Å². The van der Waals surface area contributed by atoms with Gasteiger partial charge in [-0.15, -0.1) is 0 Å². The Hall–Kier alpha value is -0.773. The van der Waals surface area contributed by atoms with Crippen molar-refractivity contribution in [2.24, 2.45) is 11.8 Å². The lowest BCUT2D eigenvalue weighted by atomic mass is 9.76. The number of hydrogen-bond acceptors (Lipinski definition) is 0. The molecule has 1 heterocycles. The van der Waals surface area contributed by atoms with Crippen molar-refractivity contribution >= 4 is 8.80 Å². The second-order valence-corrected chi connectivity index (χ2v) is 11.5. The maximum atomic E-state index is 13.5. The normalized spacial score (nSPS) is 25.5. The molecule has 1 aromatic carbocycles. The van der Waals surface area contributed by atoms with Crippen LogP contribution in [0.2, 0.25) is 18.1 Å². The summed E-state index contributed by atoms with van der Waals surface area (Å²) in [6.07, 6.45) is 11.2. The molecule has 3 rings (SSSR count). The Bertz CT molecular complexity index is 550. The van der Waals surface area contributed by atoms with E-state index in [4.69, 9.17) is 0 Å². The Labute approximate surface area is 158 Å². The molecule has 0 bridgehead atoms. The summed E-state index contributed by atoms with van der Waals surface area (Å²) in [5.41, 5.74) is 0.637. The van der Waals surface area contributed by atoms with Crippen LogP contribution in [-0.2, 0) is 0 Å². The van der Waals surface area contributed by atoms with Gasteiger partial charge in [0.05, 0.1) is 0 Å². The van der Waals surface area contributed by atoms with E-state index in [1.807, 2.05) is 0 Å². The third kappa shape index (κ3) is 5.14. The van der Waals surface area contributed by atoms with Crippen LogP contribution in [0.5, 0.6) is 0 Å². The van der Waals surface area contributed by atoms with Crippen molar-refractivity contribution < 1.29 is 13.2 Å². The maximum absolute atomic E-state index is 13.5. The van der Waals surface area contributed by atoms with Crippen molar-refractivity contribution in [3.05, 3.63) is 35.1 Å². The fourth-order valence-corrected chi connectivity index (χ4v) is 8.13. The van der Waals surface area contributed by atoms with Crippen LogP contribution in [-0.4, -0.2) is 8.80 Å². The molecule has 26 heavy (non-hydrogen) atoms. The Kier molecular flexibility index (Phi) is 7.25. The summed E-state index contributed by atoms with van der Waals surface area (Å²) < 4.78 is 40.1. The van der Waals surface area contributed by atoms with Gasteiger partial charge >= 0.3 is 0 Å². The Balaban J connectivity index is 1.40. The van der Waals surface area contributed by atoms with Gasteiger partial charge in [0.1, 0.15) is 0 Å². The molecule has 1 radical (unpaired) electrons. The topological polar surface area (TPSA) is 0 Å². The van der Waals surface area contributed by atoms with Gasteiger partial charge in [0.25, 0.3) is 0 Å². The molecule has 0 N–H and O–H groups in total. The summed E-state index contributed by atoms with van der Waals surface area (Å²) in [7, 11) is -0.00920. The molecule has 1 aliphatic heterocycles. The van der Waals surface area contributed by atoms with E-state index in [0.717, 1.165) is 37.5 Å². The number of benzene rings is 1. The van der Waals surface area contributed by atoms with Crippen molar-refractivity contribution in [2.75, 3.05) is 0 Å². The summed E-state index contributed by atoms with van der Waals surface area (Å²) >= 11 is 0. The van der Waals surface area contributed by atoms with E-state index in [2.05, 4.69) is 6.92 Å². The van der Waals surface area contributed by atoms with Crippen LogP contribution >= 0.6 is 0 Å². The molecule has 1 saturated heterocycles. The predicted octanol–water partition coefficient (Wildman–Crippen LogP) is 7.47. The van der Waals surface area contributed by atoms with Crippen molar-refractivity contribution in [2.45, 2.75) is 88.8 Å². The highest BCUT2D eigenvalue weighted by Gasteiger charge is 2.26. The first-order valence-electron chi connectivity index (χ1n) is 10.5. The fourth-order valence-electron chi connectivity index (χ4n) is 5.04. The minimum Gasteiger partial charge on any atom is -0.204 e. The lowest BCUT2D eigenvalue weighted by Crippen LogP contribution is -2.22. The van der Waals surface area contributed by atoms with Gasteiger partial charge in [-0.05, 0) is 61.1 Å². The smallest absolute Gasteiger partial charge is 0.194 e. The molecule has 2 fully saturated rings. The van der Waals surface area contributed by atoms with E-state index in [9.17, 15) is 13.2 Å². The monoisotopic (exact) mass is 381 g/mol. The van der Waals surface area contributed by atoms with E-state index in [0.29, 0.717) is 5.56 Å². The molecule has 0 spiro atoms. The van der Waals surface area contributed by atoms with Crippen LogP contribution in [0.4, 0.5) is 13.2 Å². The summed E-state index contributed by atoms with van der Waals surface area (Å²) in [6.45, 7) is 2.31. The number of hydrogen-bond donors (Lipinski definition) is 0. The van der Waals surface area contributed by atoms with Gasteiger partial charge in [-0.25, -0.2) is 13.2 Å². The lowest BCUT2D eigenvalue weighted by molar-refractivity contribution is 0.279. The van der Waals surface area contributed by atoms with Crippen molar-refractivity contribution in [1.29, 1.82) is 0 Å². The van der Waals surface area contributed by atoms with Crippen molar-refractivity contribution in [3.63, 3.8) is 0 Å². The van der Waals surface area contributed by atoms with Gasteiger partial charge in [-0.2, -0.15) is 0 Å². The Morgan fingerprint density at radius 1 is 0.846 bits per heavy atom. The third-order valence-electron chi connectivity index (χ3n) is 6.72. The summed E-state index contributed by atoms with van der Waals surface area (Å²) in [5.74, 6) is -1.56. The quantitative estimate of drug-likeness (QED) is 0.354. The van der Waals surface area contributed by atoms with E-state index < -0.39 is 17.5 Å². The van der Waals surface area contributed by atoms with Gasteiger partial charge < -0.3 is 0 Å². The van der Waals surface area contributed by atoms with Gasteiger partial charge in [0.2, 0.25) is 0 Å². The van der Waals surface area contributed by atoms with Crippen LogP contribution in [0.3, 0.4) is 0 Å². The highest BCUT2D eigenvalue weighted by atomic mass is 28.3. The summed E-state index contributed by atoms with van der Waals surface area (Å²) in [5, 5.41) is 0. The van der Waals surface area contributed by atoms with E-state index >= 15 is 0 Å². The molecule has 0 unspecified atom stereocenters. The molecule has 4 heteroatoms. The van der Waals surface area contributed by atoms with Gasteiger partial charge in [-0.1, -0.05) is 57.2 Å². The summed E-state index contributed by atoms with van der Waals surface area (Å²) in [4.78, 5) is 0. The second-order valence-electron chi connectivity index (χ2n) is 8.54. The molecular weight excluding hydrogens is 349 g/mol. The number of halogens is 3. The minimum atomic E-state index is -1.35. The molecule has 0 amide bonds. The largest absolute Gasteiger partial charge is 0.204 e. The lowest BCUT2D eigenvalue weighted by Gasteiger charge is -2.31. The highest BCUT2D eigenvalue weighted by Crippen LogP contribution is 2.40. The molecular formula is C22H32F3Si. The zero-order chi connectivity index (χ0) is 18.5. The second kappa shape index (κ2) is 9.43. The van der Waals surface area contributed by atoms with Crippen LogP contribution in [0.25, 0.3) is 0 Å². The van der Waals surface area contributed by atoms with Crippen LogP contribution in [0.1, 0.15) is 76.2 Å². The van der Waals surface area contributed by atoms with E-state index in [1.165, 1.54) is 62.4 Å². The number of rotatable bonds is 6. The fraction of sp³-hybridized carbons (Fsp3) is 0.727. The van der Waals surface area contributed by atoms with Gasteiger partial charge in [-0.3, -0.25) is 0 Å². The Morgan fingerprint density at radius 2 is 1.38 bits per heavy atom. The molecule has 0 aromatic heterocycles. The molecule has 1 aliphatic carbocycles. The third-order valence-corrected chi connectivity index (χ3v) is 9.92. The standard InChI is InChI=1S/C22H32F3Si/c1-2-11-26-12-9-17(10-13-26)4-3-16-5-7-18(8-6-16)19-14-20(23)22(25)21(24)15-19/h14-18H,2-13H2,1H3. The average Bonchev–Trinajstić information content (AvgIpc) is 2.66. The molecule has 1 aromatic rings. The SMILES string of the molecule is CCC[Si]1CCC(CCC2CCC(c3cc(F)c(F)c(F)c3)CC2)CC1. The first-order valence-corrected chi connectivity index (χ1v) is 12.7. The summed E-state index contributed by atoms with van der Waals surface area (Å²) in [6, 6.07) is 6.95. The van der Waals surface area contributed by atoms with Crippen LogP contribution in [0.15, 0.2) is 12.1 Å². The zero-order valence-electron chi connectivity index (χ0n) is 16.0. The first kappa shape index (κ1) is 20.0. The molecule has 145 valence electrons. The zero-order valence-corrected chi connectivity index (χ0v) is 17.0. The molecule has 0 atom stereocenters. The van der Waals surface area contributed by atoms with Gasteiger partial charge in [0, 0.05) is 8.80 Å². The van der Waals surface area contributed by atoms with Crippen LogP contribution < -0.4 is 0 Å². The molecule has 0 nitrogen and oxygen atoms in total. The van der Waals surface area contributed by atoms with Gasteiger partial charge in [0.15, 0.2) is 17.5 Å². The molecule has 1 saturated carbocycles. The Morgan fingerprint density at radius 3 is 1.92 bits per heavy atom. The minimum absolute atomic E-state index is 0.00920. The van der Waals surface area contributed by atoms with Crippen LogP contribution in [0, 0.1) is 29.3 Å².